The third kappa shape index (κ3) is 5.01. The monoisotopic (exact) mass is 390 g/mol. The van der Waals surface area contributed by atoms with E-state index in [0.29, 0.717) is 30.1 Å². The van der Waals surface area contributed by atoms with Gasteiger partial charge < -0.3 is 10.1 Å². The molecule has 1 atom stereocenters. The number of hydrogen-bond donors (Lipinski definition) is 2. The van der Waals surface area contributed by atoms with Crippen molar-refractivity contribution >= 4 is 27.6 Å². The number of benzene rings is 1. The Morgan fingerprint density at radius 1 is 1.11 bits per heavy atom. The first-order valence-corrected chi connectivity index (χ1v) is 10.2. The van der Waals surface area contributed by atoms with E-state index in [9.17, 15) is 13.2 Å². The fourth-order valence-corrected chi connectivity index (χ4v) is 3.78. The highest BCUT2D eigenvalue weighted by atomic mass is 32.2. The van der Waals surface area contributed by atoms with Crippen molar-refractivity contribution in [2.75, 3.05) is 16.6 Å². The number of aromatic nitrogens is 2. The average Bonchev–Trinajstić information content (AvgIpc) is 2.61. The van der Waals surface area contributed by atoms with Gasteiger partial charge in [-0.1, -0.05) is 0 Å². The number of hydrogen-bond acceptors (Lipinski definition) is 6. The Bertz CT molecular complexity index is 903. The van der Waals surface area contributed by atoms with Crippen LogP contribution in [0.3, 0.4) is 0 Å². The Morgan fingerprint density at radius 3 is 2.37 bits per heavy atom. The summed E-state index contributed by atoms with van der Waals surface area (Å²) < 4.78 is 32.8. The first kappa shape index (κ1) is 19.2. The zero-order chi connectivity index (χ0) is 19.4. The van der Waals surface area contributed by atoms with E-state index < -0.39 is 16.1 Å². The van der Waals surface area contributed by atoms with Gasteiger partial charge in [0.25, 0.3) is 15.9 Å². The molecule has 8 nitrogen and oxygen atoms in total. The number of nitrogens with zero attached hydrogens (tertiary/aromatic N) is 2. The first-order chi connectivity index (χ1) is 12.8. The number of amides is 1. The van der Waals surface area contributed by atoms with Crippen LogP contribution in [-0.2, 0) is 19.6 Å². The van der Waals surface area contributed by atoms with Crippen molar-refractivity contribution in [2.24, 2.45) is 0 Å². The van der Waals surface area contributed by atoms with Gasteiger partial charge in [-0.05, 0) is 63.4 Å². The highest BCUT2D eigenvalue weighted by molar-refractivity contribution is 7.92. The summed E-state index contributed by atoms with van der Waals surface area (Å²) in [6.45, 7) is 4.11. The van der Waals surface area contributed by atoms with Crippen LogP contribution in [0.5, 0.6) is 0 Å². The van der Waals surface area contributed by atoms with E-state index in [0.717, 1.165) is 12.8 Å². The summed E-state index contributed by atoms with van der Waals surface area (Å²) in [4.78, 5) is 20.4. The van der Waals surface area contributed by atoms with Crippen LogP contribution in [0.15, 0.2) is 35.2 Å². The van der Waals surface area contributed by atoms with E-state index in [4.69, 9.17) is 4.74 Å². The van der Waals surface area contributed by atoms with E-state index in [-0.39, 0.29) is 16.8 Å². The molecular weight excluding hydrogens is 368 g/mol. The standard InChI is InChI=1S/C18H22N4O4S/c1-12-11-13(2)20-18(19-12)22-27(24,25)15-8-6-14(7-9-15)21-17(23)16-5-3-4-10-26-16/h6-9,11,16H,3-5,10H2,1-2H3,(H,21,23)(H,19,20,22). The molecule has 2 heterocycles. The Morgan fingerprint density at radius 2 is 1.78 bits per heavy atom. The lowest BCUT2D eigenvalue weighted by Gasteiger charge is -2.21. The largest absolute Gasteiger partial charge is 0.368 e. The van der Waals surface area contributed by atoms with Crippen molar-refractivity contribution in [1.82, 2.24) is 9.97 Å². The first-order valence-electron chi connectivity index (χ1n) is 8.71. The molecule has 144 valence electrons. The Kier molecular flexibility index (Phi) is 5.71. The molecule has 0 saturated carbocycles. The highest BCUT2D eigenvalue weighted by Gasteiger charge is 2.22. The molecule has 9 heteroatoms. The number of anilines is 2. The summed E-state index contributed by atoms with van der Waals surface area (Å²) in [5.74, 6) is -0.189. The number of carbonyl (C=O) groups excluding carboxylic acids is 1. The summed E-state index contributed by atoms with van der Waals surface area (Å²) in [7, 11) is -3.82. The quantitative estimate of drug-likeness (QED) is 0.811. The van der Waals surface area contributed by atoms with Crippen LogP contribution < -0.4 is 10.0 Å². The predicted octanol–water partition coefficient (Wildman–Crippen LogP) is 2.40. The molecule has 1 aromatic heterocycles. The lowest BCUT2D eigenvalue weighted by Crippen LogP contribution is -2.33. The lowest BCUT2D eigenvalue weighted by molar-refractivity contribution is -0.129. The molecule has 0 spiro atoms. The topological polar surface area (TPSA) is 110 Å². The number of ether oxygens (including phenoxy) is 1. The number of nitrogens with one attached hydrogen (secondary N) is 2. The fourth-order valence-electron chi connectivity index (χ4n) is 2.84. The third-order valence-corrected chi connectivity index (χ3v) is 5.46. The minimum Gasteiger partial charge on any atom is -0.368 e. The molecule has 2 aromatic rings. The van der Waals surface area contributed by atoms with E-state index in [1.165, 1.54) is 24.3 Å². The predicted molar refractivity (Wildman–Crippen MR) is 101 cm³/mol. The van der Waals surface area contributed by atoms with Gasteiger partial charge in [-0.15, -0.1) is 0 Å². The zero-order valence-corrected chi connectivity index (χ0v) is 16.0. The molecule has 1 aliphatic heterocycles. The van der Waals surface area contributed by atoms with Gasteiger partial charge in [0.1, 0.15) is 6.10 Å². The number of aryl methyl sites for hydroxylation is 2. The van der Waals surface area contributed by atoms with Crippen LogP contribution in [-0.4, -0.2) is 37.0 Å². The number of rotatable bonds is 5. The molecule has 0 aliphatic carbocycles. The number of carbonyl (C=O) groups is 1. The van der Waals surface area contributed by atoms with Crippen LogP contribution in [0.1, 0.15) is 30.7 Å². The molecule has 1 saturated heterocycles. The normalized spacial score (nSPS) is 17.3. The molecular formula is C18H22N4O4S. The maximum atomic E-state index is 12.5. The van der Waals surface area contributed by atoms with E-state index in [1.807, 2.05) is 0 Å². The highest BCUT2D eigenvalue weighted by Crippen LogP contribution is 2.19. The zero-order valence-electron chi connectivity index (χ0n) is 15.2. The van der Waals surface area contributed by atoms with E-state index in [1.54, 1.807) is 19.9 Å². The Hall–Kier alpha value is -2.52. The molecule has 27 heavy (non-hydrogen) atoms. The van der Waals surface area contributed by atoms with Crippen LogP contribution in [0.25, 0.3) is 0 Å². The minimum atomic E-state index is -3.82. The summed E-state index contributed by atoms with van der Waals surface area (Å²) in [5, 5.41) is 2.75. The lowest BCUT2D eigenvalue weighted by atomic mass is 10.1. The van der Waals surface area contributed by atoms with Gasteiger partial charge in [-0.3, -0.25) is 4.79 Å². The second kappa shape index (κ2) is 8.01. The molecule has 3 rings (SSSR count). The van der Waals surface area contributed by atoms with Crippen LogP contribution in [0.2, 0.25) is 0 Å². The average molecular weight is 390 g/mol. The Balaban J connectivity index is 1.69. The van der Waals surface area contributed by atoms with E-state index >= 15 is 0 Å². The minimum absolute atomic E-state index is 0.0272. The third-order valence-electron chi connectivity index (χ3n) is 4.11. The van der Waals surface area contributed by atoms with Gasteiger partial charge in [0, 0.05) is 23.7 Å². The smallest absolute Gasteiger partial charge is 0.264 e. The van der Waals surface area contributed by atoms with Crippen molar-refractivity contribution in [1.29, 1.82) is 0 Å². The van der Waals surface area contributed by atoms with Gasteiger partial charge in [0.15, 0.2) is 0 Å². The van der Waals surface area contributed by atoms with E-state index in [2.05, 4.69) is 20.0 Å². The second-order valence-corrected chi connectivity index (χ2v) is 8.13. The SMILES string of the molecule is Cc1cc(C)nc(NS(=O)(=O)c2ccc(NC(=O)C3CCCCO3)cc2)n1. The summed E-state index contributed by atoms with van der Waals surface area (Å²) >= 11 is 0. The van der Waals surface area contributed by atoms with Gasteiger partial charge in [0.2, 0.25) is 5.95 Å². The van der Waals surface area contributed by atoms with Gasteiger partial charge in [-0.25, -0.2) is 23.1 Å². The number of sulfonamides is 1. The van der Waals surface area contributed by atoms with Crippen molar-refractivity contribution in [3.63, 3.8) is 0 Å². The van der Waals surface area contributed by atoms with Crippen molar-refractivity contribution in [2.45, 2.75) is 44.1 Å². The van der Waals surface area contributed by atoms with Gasteiger partial charge in [0.05, 0.1) is 4.90 Å². The second-order valence-electron chi connectivity index (χ2n) is 6.45. The molecule has 0 bridgehead atoms. The fraction of sp³-hybridized carbons (Fsp3) is 0.389. The van der Waals surface area contributed by atoms with Crippen molar-refractivity contribution < 1.29 is 17.9 Å². The van der Waals surface area contributed by atoms with Crippen LogP contribution in [0.4, 0.5) is 11.6 Å². The van der Waals surface area contributed by atoms with Gasteiger partial charge >= 0.3 is 0 Å². The molecule has 0 radical (unpaired) electrons. The maximum Gasteiger partial charge on any atom is 0.264 e. The summed E-state index contributed by atoms with van der Waals surface area (Å²) in [6, 6.07) is 7.67. The van der Waals surface area contributed by atoms with Crippen molar-refractivity contribution in [3.05, 3.63) is 41.7 Å². The van der Waals surface area contributed by atoms with Crippen molar-refractivity contribution in [3.8, 4) is 0 Å². The molecule has 2 N–H and O–H groups in total. The molecule has 1 aromatic carbocycles. The molecule has 1 fully saturated rings. The van der Waals surface area contributed by atoms with Gasteiger partial charge in [-0.2, -0.15) is 0 Å². The van der Waals surface area contributed by atoms with Crippen LogP contribution >= 0.6 is 0 Å². The summed E-state index contributed by atoms with van der Waals surface area (Å²) in [5.41, 5.74) is 1.85. The molecule has 1 amide bonds. The van der Waals surface area contributed by atoms with Crippen LogP contribution in [0, 0.1) is 13.8 Å². The molecule has 1 aliphatic rings. The Labute approximate surface area is 158 Å². The molecule has 1 unspecified atom stereocenters. The maximum absolute atomic E-state index is 12.5. The summed E-state index contributed by atoms with van der Waals surface area (Å²) in [6.07, 6.45) is 2.16.